The van der Waals surface area contributed by atoms with Crippen LogP contribution in [0.25, 0.3) is 0 Å². The van der Waals surface area contributed by atoms with E-state index in [4.69, 9.17) is 16.3 Å². The van der Waals surface area contributed by atoms with E-state index in [1.807, 2.05) is 6.92 Å². The van der Waals surface area contributed by atoms with Crippen molar-refractivity contribution < 1.29 is 18.7 Å². The summed E-state index contributed by atoms with van der Waals surface area (Å²) in [4.78, 5) is 23.8. The molecule has 0 heterocycles. The fourth-order valence-electron chi connectivity index (χ4n) is 1.83. The minimum atomic E-state index is -0.840. The molecule has 2 N–H and O–H groups in total. The Kier molecular flexibility index (Phi) is 5.54. The van der Waals surface area contributed by atoms with Crippen LogP contribution < -0.4 is 15.6 Å². The molecular formula is C16H14ClFN2O3. The Labute approximate surface area is 137 Å². The first-order valence-corrected chi connectivity index (χ1v) is 7.18. The van der Waals surface area contributed by atoms with Crippen LogP contribution in [0.15, 0.2) is 42.5 Å². The molecule has 0 radical (unpaired) electrons. The van der Waals surface area contributed by atoms with Crippen LogP contribution in [0, 0.1) is 5.82 Å². The maximum Gasteiger partial charge on any atom is 0.274 e. The zero-order chi connectivity index (χ0) is 16.8. The molecule has 0 saturated heterocycles. The summed E-state index contributed by atoms with van der Waals surface area (Å²) in [5.41, 5.74) is 4.30. The Balaban J connectivity index is 2.00. The Morgan fingerprint density at radius 3 is 2.35 bits per heavy atom. The van der Waals surface area contributed by atoms with E-state index in [0.29, 0.717) is 17.9 Å². The summed E-state index contributed by atoms with van der Waals surface area (Å²) in [6, 6.07) is 10.2. The van der Waals surface area contributed by atoms with Gasteiger partial charge in [0, 0.05) is 5.56 Å². The number of ether oxygens (including phenoxy) is 1. The number of hydrogen-bond acceptors (Lipinski definition) is 3. The molecule has 0 aromatic heterocycles. The first kappa shape index (κ1) is 16.8. The molecule has 2 aromatic rings. The van der Waals surface area contributed by atoms with E-state index >= 15 is 0 Å². The molecule has 0 aliphatic rings. The quantitative estimate of drug-likeness (QED) is 0.843. The number of hydrazine groups is 1. The molecule has 2 aromatic carbocycles. The molecule has 7 heteroatoms. The maximum atomic E-state index is 13.6. The van der Waals surface area contributed by atoms with Crippen molar-refractivity contribution in [3.8, 4) is 5.75 Å². The molecular weight excluding hydrogens is 323 g/mol. The Morgan fingerprint density at radius 2 is 1.74 bits per heavy atom. The van der Waals surface area contributed by atoms with Gasteiger partial charge in [0.25, 0.3) is 11.8 Å². The lowest BCUT2D eigenvalue weighted by Gasteiger charge is -2.09. The summed E-state index contributed by atoms with van der Waals surface area (Å²) in [6.45, 7) is 2.37. The first-order valence-electron chi connectivity index (χ1n) is 6.80. The molecule has 23 heavy (non-hydrogen) atoms. The molecule has 0 saturated carbocycles. The van der Waals surface area contributed by atoms with E-state index < -0.39 is 17.6 Å². The van der Waals surface area contributed by atoms with Crippen LogP contribution >= 0.6 is 11.6 Å². The lowest BCUT2D eigenvalue weighted by Crippen LogP contribution is -2.42. The summed E-state index contributed by atoms with van der Waals surface area (Å²) in [5, 5.41) is -0.0437. The average molecular weight is 337 g/mol. The van der Waals surface area contributed by atoms with E-state index in [9.17, 15) is 14.0 Å². The van der Waals surface area contributed by atoms with Crippen LogP contribution in [0.1, 0.15) is 27.6 Å². The number of rotatable bonds is 4. The molecule has 0 unspecified atom stereocenters. The first-order chi connectivity index (χ1) is 11.0. The Morgan fingerprint density at radius 1 is 1.09 bits per heavy atom. The summed E-state index contributed by atoms with van der Waals surface area (Å²) < 4.78 is 18.9. The van der Waals surface area contributed by atoms with Crippen LogP contribution in [0.3, 0.4) is 0 Å². The monoisotopic (exact) mass is 336 g/mol. The predicted octanol–water partition coefficient (Wildman–Crippen LogP) is 2.95. The standard InChI is InChI=1S/C16H14ClFN2O3/c1-2-23-11-8-6-10(7-9-11)15(21)19-20-16(22)14-12(17)4-3-5-13(14)18/h3-9H,2H2,1H3,(H,19,21)(H,20,22). The number of benzene rings is 2. The largest absolute Gasteiger partial charge is 0.494 e. The second-order valence-electron chi connectivity index (χ2n) is 4.46. The zero-order valence-corrected chi connectivity index (χ0v) is 13.0. The van der Waals surface area contributed by atoms with Crippen molar-refractivity contribution in [2.24, 2.45) is 0 Å². The van der Waals surface area contributed by atoms with E-state index in [1.165, 1.54) is 12.1 Å². The van der Waals surface area contributed by atoms with E-state index in [0.717, 1.165) is 6.07 Å². The highest BCUT2D eigenvalue weighted by atomic mass is 35.5. The number of nitrogens with one attached hydrogen (secondary N) is 2. The third kappa shape index (κ3) is 4.20. The highest BCUT2D eigenvalue weighted by molar-refractivity contribution is 6.33. The van der Waals surface area contributed by atoms with Gasteiger partial charge in [-0.25, -0.2) is 4.39 Å². The highest BCUT2D eigenvalue weighted by Crippen LogP contribution is 2.18. The van der Waals surface area contributed by atoms with Crippen LogP contribution in [0.2, 0.25) is 5.02 Å². The molecule has 120 valence electrons. The van der Waals surface area contributed by atoms with Crippen molar-refractivity contribution >= 4 is 23.4 Å². The molecule has 0 spiro atoms. The van der Waals surface area contributed by atoms with Gasteiger partial charge in [-0.1, -0.05) is 17.7 Å². The van der Waals surface area contributed by atoms with Gasteiger partial charge in [-0.05, 0) is 43.3 Å². The van der Waals surface area contributed by atoms with Crippen molar-refractivity contribution in [1.29, 1.82) is 0 Å². The lowest BCUT2D eigenvalue weighted by atomic mass is 10.2. The van der Waals surface area contributed by atoms with Gasteiger partial charge >= 0.3 is 0 Å². The lowest BCUT2D eigenvalue weighted by molar-refractivity contribution is 0.0844. The van der Waals surface area contributed by atoms with Crippen LogP contribution in [-0.2, 0) is 0 Å². The van der Waals surface area contributed by atoms with Gasteiger partial charge in [-0.15, -0.1) is 0 Å². The number of halogens is 2. The van der Waals surface area contributed by atoms with Crippen LogP contribution in [0.4, 0.5) is 4.39 Å². The van der Waals surface area contributed by atoms with Crippen molar-refractivity contribution in [2.75, 3.05) is 6.61 Å². The molecule has 0 aliphatic carbocycles. The summed E-state index contributed by atoms with van der Waals surface area (Å²) >= 11 is 5.78. The second kappa shape index (κ2) is 7.60. The van der Waals surface area contributed by atoms with Crippen molar-refractivity contribution in [3.63, 3.8) is 0 Å². The number of amides is 2. The van der Waals surface area contributed by atoms with Crippen molar-refractivity contribution in [3.05, 3.63) is 64.4 Å². The molecule has 0 fully saturated rings. The maximum absolute atomic E-state index is 13.6. The molecule has 2 amide bonds. The molecule has 2 rings (SSSR count). The van der Waals surface area contributed by atoms with Crippen molar-refractivity contribution in [1.82, 2.24) is 10.9 Å². The average Bonchev–Trinajstić information content (AvgIpc) is 2.53. The molecule has 5 nitrogen and oxygen atoms in total. The van der Waals surface area contributed by atoms with Crippen LogP contribution in [-0.4, -0.2) is 18.4 Å². The van der Waals surface area contributed by atoms with E-state index in [2.05, 4.69) is 10.9 Å². The summed E-state index contributed by atoms with van der Waals surface area (Å²) in [5.74, 6) is -1.53. The van der Waals surface area contributed by atoms with Gasteiger partial charge in [0.15, 0.2) is 0 Å². The van der Waals surface area contributed by atoms with Gasteiger partial charge in [0.2, 0.25) is 0 Å². The fraction of sp³-hybridized carbons (Fsp3) is 0.125. The Hall–Kier alpha value is -2.60. The van der Waals surface area contributed by atoms with E-state index in [1.54, 1.807) is 24.3 Å². The van der Waals surface area contributed by atoms with Crippen LogP contribution in [0.5, 0.6) is 5.75 Å². The summed E-state index contributed by atoms with van der Waals surface area (Å²) in [7, 11) is 0. The Bertz CT molecular complexity index is 700. The molecule has 0 aliphatic heterocycles. The number of carbonyl (C=O) groups excluding carboxylic acids is 2. The number of hydrogen-bond donors (Lipinski definition) is 2. The fourth-order valence-corrected chi connectivity index (χ4v) is 2.08. The second-order valence-corrected chi connectivity index (χ2v) is 4.87. The minimum Gasteiger partial charge on any atom is -0.494 e. The summed E-state index contributed by atoms with van der Waals surface area (Å²) in [6.07, 6.45) is 0. The third-order valence-electron chi connectivity index (χ3n) is 2.91. The van der Waals surface area contributed by atoms with Gasteiger partial charge in [-0.3, -0.25) is 20.4 Å². The molecule has 0 bridgehead atoms. The minimum absolute atomic E-state index is 0.0437. The topological polar surface area (TPSA) is 67.4 Å². The number of carbonyl (C=O) groups is 2. The molecule has 0 atom stereocenters. The predicted molar refractivity (Wildman–Crippen MR) is 84.0 cm³/mol. The van der Waals surface area contributed by atoms with Gasteiger partial charge in [-0.2, -0.15) is 0 Å². The highest BCUT2D eigenvalue weighted by Gasteiger charge is 2.16. The van der Waals surface area contributed by atoms with Gasteiger partial charge in [0.1, 0.15) is 11.6 Å². The zero-order valence-electron chi connectivity index (χ0n) is 12.2. The SMILES string of the molecule is CCOc1ccc(C(=O)NNC(=O)c2c(F)cccc2Cl)cc1. The third-order valence-corrected chi connectivity index (χ3v) is 3.22. The van der Waals surface area contributed by atoms with Crippen molar-refractivity contribution in [2.45, 2.75) is 6.92 Å². The van der Waals surface area contributed by atoms with Gasteiger partial charge in [0.05, 0.1) is 17.2 Å². The van der Waals surface area contributed by atoms with Gasteiger partial charge < -0.3 is 4.74 Å². The van der Waals surface area contributed by atoms with E-state index in [-0.39, 0.29) is 10.6 Å². The normalized spacial score (nSPS) is 10.0. The smallest absolute Gasteiger partial charge is 0.274 e.